The Bertz CT molecular complexity index is 921. The summed E-state index contributed by atoms with van der Waals surface area (Å²) in [5.41, 5.74) is 4.82. The first-order valence-corrected chi connectivity index (χ1v) is 9.75. The summed E-state index contributed by atoms with van der Waals surface area (Å²) in [5, 5.41) is 14.1. The van der Waals surface area contributed by atoms with Crippen molar-refractivity contribution in [2.75, 3.05) is 0 Å². The number of nitrogens with one attached hydrogen (secondary N) is 1. The van der Waals surface area contributed by atoms with Gasteiger partial charge in [-0.1, -0.05) is 76.6 Å². The van der Waals surface area contributed by atoms with Crippen LogP contribution in [0.1, 0.15) is 22.6 Å². The number of aromatic hydroxyl groups is 1. The van der Waals surface area contributed by atoms with Gasteiger partial charge in [-0.05, 0) is 39.2 Å². The normalized spacial score (nSPS) is 11.1. The summed E-state index contributed by atoms with van der Waals surface area (Å²) in [6, 6.07) is 22.5. The van der Waals surface area contributed by atoms with Crippen molar-refractivity contribution >= 4 is 44.0 Å². The van der Waals surface area contributed by atoms with Crippen molar-refractivity contribution in [2.45, 2.75) is 5.92 Å². The molecule has 0 saturated carbocycles. The Hall–Kier alpha value is -2.44. The third kappa shape index (κ3) is 4.84. The molecule has 4 nitrogen and oxygen atoms in total. The average Bonchev–Trinajstić information content (AvgIpc) is 2.67. The van der Waals surface area contributed by atoms with Crippen molar-refractivity contribution in [1.82, 2.24) is 5.43 Å². The van der Waals surface area contributed by atoms with E-state index in [1.54, 1.807) is 12.1 Å². The maximum atomic E-state index is 12.8. The van der Waals surface area contributed by atoms with Gasteiger partial charge in [0, 0.05) is 10.0 Å². The van der Waals surface area contributed by atoms with Gasteiger partial charge in [0.05, 0.1) is 16.6 Å². The van der Waals surface area contributed by atoms with Crippen LogP contribution in [-0.4, -0.2) is 17.2 Å². The zero-order valence-corrected chi connectivity index (χ0v) is 17.3. The fraction of sp³-hybridized carbons (Fsp3) is 0.0476. The molecule has 2 N–H and O–H groups in total. The van der Waals surface area contributed by atoms with E-state index in [4.69, 9.17) is 0 Å². The van der Waals surface area contributed by atoms with Crippen molar-refractivity contribution in [3.63, 3.8) is 0 Å². The Labute approximate surface area is 174 Å². The molecular formula is C21H16Br2N2O2. The third-order valence-corrected chi connectivity index (χ3v) is 5.03. The second kappa shape index (κ2) is 8.97. The largest absolute Gasteiger partial charge is 0.506 e. The Morgan fingerprint density at radius 2 is 1.52 bits per heavy atom. The maximum Gasteiger partial charge on any atom is 0.252 e. The SMILES string of the molecule is O=C(N/N=C/c1cc(Br)cc(Br)c1O)C(c1ccccc1)c1ccccc1. The third-order valence-electron chi connectivity index (χ3n) is 3.96. The van der Waals surface area contributed by atoms with Crippen molar-refractivity contribution in [3.05, 3.63) is 98.4 Å². The van der Waals surface area contributed by atoms with Crippen molar-refractivity contribution in [2.24, 2.45) is 5.10 Å². The molecule has 0 radical (unpaired) electrons. The lowest BCUT2D eigenvalue weighted by Gasteiger charge is -2.16. The zero-order valence-electron chi connectivity index (χ0n) is 14.1. The summed E-state index contributed by atoms with van der Waals surface area (Å²) < 4.78 is 1.32. The van der Waals surface area contributed by atoms with Crippen LogP contribution in [-0.2, 0) is 4.79 Å². The van der Waals surface area contributed by atoms with E-state index in [9.17, 15) is 9.90 Å². The van der Waals surface area contributed by atoms with E-state index in [1.807, 2.05) is 60.7 Å². The number of phenolic OH excluding ortho intramolecular Hbond substituents is 1. The summed E-state index contributed by atoms with van der Waals surface area (Å²) >= 11 is 6.64. The fourth-order valence-electron chi connectivity index (χ4n) is 2.70. The molecule has 0 unspecified atom stereocenters. The Morgan fingerprint density at radius 1 is 0.963 bits per heavy atom. The van der Waals surface area contributed by atoms with Crippen LogP contribution >= 0.6 is 31.9 Å². The van der Waals surface area contributed by atoms with E-state index in [-0.39, 0.29) is 11.7 Å². The summed E-state index contributed by atoms with van der Waals surface area (Å²) in [6.07, 6.45) is 1.41. The number of hydrogen-bond acceptors (Lipinski definition) is 3. The molecular weight excluding hydrogens is 472 g/mol. The molecule has 3 aromatic rings. The second-order valence-electron chi connectivity index (χ2n) is 5.81. The number of benzene rings is 3. The molecule has 0 atom stereocenters. The fourth-order valence-corrected chi connectivity index (χ4v) is 3.96. The molecule has 136 valence electrons. The zero-order chi connectivity index (χ0) is 19.2. The van der Waals surface area contributed by atoms with Crippen molar-refractivity contribution < 1.29 is 9.90 Å². The molecule has 0 heterocycles. The molecule has 0 spiro atoms. The number of carbonyl (C=O) groups is 1. The molecule has 3 rings (SSSR count). The minimum absolute atomic E-state index is 0.0545. The lowest BCUT2D eigenvalue weighted by Crippen LogP contribution is -2.26. The minimum atomic E-state index is -0.479. The van der Waals surface area contributed by atoms with Gasteiger partial charge in [0.25, 0.3) is 5.91 Å². The lowest BCUT2D eigenvalue weighted by atomic mass is 9.91. The Balaban J connectivity index is 1.84. The first-order chi connectivity index (χ1) is 13.1. The monoisotopic (exact) mass is 486 g/mol. The van der Waals surface area contributed by atoms with Gasteiger partial charge < -0.3 is 5.11 Å². The lowest BCUT2D eigenvalue weighted by molar-refractivity contribution is -0.121. The summed E-state index contributed by atoms with van der Waals surface area (Å²) in [5.74, 6) is -0.677. The van der Waals surface area contributed by atoms with Gasteiger partial charge in [-0.3, -0.25) is 4.79 Å². The van der Waals surface area contributed by atoms with Gasteiger partial charge in [0.15, 0.2) is 0 Å². The van der Waals surface area contributed by atoms with Crippen LogP contribution in [0.15, 0.2) is 86.8 Å². The van der Waals surface area contributed by atoms with Gasteiger partial charge >= 0.3 is 0 Å². The first kappa shape index (κ1) is 19.3. The highest BCUT2D eigenvalue weighted by Crippen LogP contribution is 2.30. The van der Waals surface area contributed by atoms with E-state index < -0.39 is 5.92 Å². The molecule has 6 heteroatoms. The minimum Gasteiger partial charge on any atom is -0.506 e. The number of rotatable bonds is 5. The number of amides is 1. The van der Waals surface area contributed by atoms with Crippen LogP contribution in [0, 0.1) is 0 Å². The van der Waals surface area contributed by atoms with Crippen LogP contribution in [0.25, 0.3) is 0 Å². The number of hydrogen-bond donors (Lipinski definition) is 2. The Kier molecular flexibility index (Phi) is 6.42. The van der Waals surface area contributed by atoms with Crippen LogP contribution in [0.2, 0.25) is 0 Å². The predicted octanol–water partition coefficient (Wildman–Crippen LogP) is 5.20. The standard InChI is InChI=1S/C21H16Br2N2O2/c22-17-11-16(20(26)18(23)12-17)13-24-25-21(27)19(14-7-3-1-4-8-14)15-9-5-2-6-10-15/h1-13,19,26H,(H,25,27)/b24-13+. The quantitative estimate of drug-likeness (QED) is 0.383. The van der Waals surface area contributed by atoms with E-state index in [2.05, 4.69) is 42.4 Å². The molecule has 0 bridgehead atoms. The highest BCUT2D eigenvalue weighted by atomic mass is 79.9. The van der Waals surface area contributed by atoms with Crippen LogP contribution in [0.5, 0.6) is 5.75 Å². The molecule has 0 aliphatic rings. The summed E-state index contributed by atoms with van der Waals surface area (Å²) in [4.78, 5) is 12.8. The highest BCUT2D eigenvalue weighted by Gasteiger charge is 2.22. The highest BCUT2D eigenvalue weighted by molar-refractivity contribution is 9.11. The Morgan fingerprint density at radius 3 is 2.07 bits per heavy atom. The molecule has 3 aromatic carbocycles. The van der Waals surface area contributed by atoms with E-state index in [1.165, 1.54) is 6.21 Å². The molecule has 0 aliphatic heterocycles. The maximum absolute atomic E-state index is 12.8. The topological polar surface area (TPSA) is 61.7 Å². The summed E-state index contributed by atoms with van der Waals surface area (Å²) in [7, 11) is 0. The molecule has 0 aromatic heterocycles. The van der Waals surface area contributed by atoms with Gasteiger partial charge in [0.2, 0.25) is 0 Å². The first-order valence-electron chi connectivity index (χ1n) is 8.17. The average molecular weight is 488 g/mol. The molecule has 0 fully saturated rings. The van der Waals surface area contributed by atoms with E-state index in [0.717, 1.165) is 15.6 Å². The van der Waals surface area contributed by atoms with Gasteiger partial charge in [-0.15, -0.1) is 0 Å². The van der Waals surface area contributed by atoms with Gasteiger partial charge in [-0.2, -0.15) is 5.10 Å². The number of halogens is 2. The van der Waals surface area contributed by atoms with Crippen LogP contribution < -0.4 is 5.43 Å². The molecule has 1 amide bonds. The van der Waals surface area contributed by atoms with Crippen LogP contribution in [0.4, 0.5) is 0 Å². The summed E-state index contributed by atoms with van der Waals surface area (Å²) in [6.45, 7) is 0. The number of nitrogens with zero attached hydrogens (tertiary/aromatic N) is 1. The van der Waals surface area contributed by atoms with Crippen molar-refractivity contribution in [3.8, 4) is 5.75 Å². The van der Waals surface area contributed by atoms with Gasteiger partial charge in [0.1, 0.15) is 5.75 Å². The predicted molar refractivity (Wildman–Crippen MR) is 114 cm³/mol. The van der Waals surface area contributed by atoms with E-state index >= 15 is 0 Å². The molecule has 0 aliphatic carbocycles. The smallest absolute Gasteiger partial charge is 0.252 e. The molecule has 0 saturated heterocycles. The number of hydrazone groups is 1. The van der Waals surface area contributed by atoms with Gasteiger partial charge in [-0.25, -0.2) is 5.43 Å². The number of phenols is 1. The number of carbonyl (C=O) groups excluding carboxylic acids is 1. The van der Waals surface area contributed by atoms with Crippen molar-refractivity contribution in [1.29, 1.82) is 0 Å². The van der Waals surface area contributed by atoms with Crippen LogP contribution in [0.3, 0.4) is 0 Å². The van der Waals surface area contributed by atoms with E-state index in [0.29, 0.717) is 10.0 Å². The molecule has 27 heavy (non-hydrogen) atoms. The second-order valence-corrected chi connectivity index (χ2v) is 7.58.